The minimum absolute atomic E-state index is 0.0269. The number of sulfonamides is 1. The molecule has 0 spiro atoms. The van der Waals surface area contributed by atoms with Crippen molar-refractivity contribution in [3.8, 4) is 0 Å². The Kier molecular flexibility index (Phi) is 5.14. The number of rotatable bonds is 5. The number of anilines is 2. The molecule has 0 saturated heterocycles. The van der Waals surface area contributed by atoms with Gasteiger partial charge in [-0.2, -0.15) is 5.10 Å². The van der Waals surface area contributed by atoms with Gasteiger partial charge in [-0.3, -0.25) is 9.89 Å². The van der Waals surface area contributed by atoms with Crippen molar-refractivity contribution in [2.75, 3.05) is 5.32 Å². The van der Waals surface area contributed by atoms with Crippen LogP contribution in [0.4, 0.5) is 16.3 Å². The molecule has 1 aromatic heterocycles. The molecule has 2 heterocycles. The van der Waals surface area contributed by atoms with Crippen molar-refractivity contribution in [1.82, 2.24) is 20.2 Å². The molecule has 4 rings (SSSR count). The molecule has 2 aliphatic rings. The van der Waals surface area contributed by atoms with Gasteiger partial charge in [0.2, 0.25) is 0 Å². The zero-order chi connectivity index (χ0) is 21.5. The number of carbonyl (C=O) groups excluding carboxylic acids is 2. The molecule has 0 unspecified atom stereocenters. The summed E-state index contributed by atoms with van der Waals surface area (Å²) < 4.78 is 31.4. The third kappa shape index (κ3) is 4.11. The van der Waals surface area contributed by atoms with Gasteiger partial charge in [-0.05, 0) is 51.3 Å². The highest BCUT2D eigenvalue weighted by atomic mass is 32.2. The Hall–Kier alpha value is -3.08. The monoisotopic (exact) mass is 433 g/mol. The standard InChI is InChI=1S/C19H23N5O5S/c1-10(2)20-19(26)29-13-5-3-11(7-13)15-9-17(23-22-15)21-12-4-6-14-16(8-12)30(27,28)24-18(14)25/h4,6,8-11,13H,3,5,7H2,1-2H3,(H,20,26)(H,24,25)(H2,21,22,23)/t11-,13+/m0/s1. The Balaban J connectivity index is 1.40. The van der Waals surface area contributed by atoms with E-state index in [2.05, 4.69) is 20.8 Å². The Morgan fingerprint density at radius 3 is 2.83 bits per heavy atom. The highest BCUT2D eigenvalue weighted by molar-refractivity contribution is 7.90. The number of benzene rings is 1. The van der Waals surface area contributed by atoms with E-state index in [0.717, 1.165) is 18.5 Å². The molecule has 1 aromatic carbocycles. The number of fused-ring (bicyclic) bond motifs is 1. The second-order valence-electron chi connectivity index (χ2n) is 7.82. The average Bonchev–Trinajstić information content (AvgIpc) is 3.34. The fourth-order valence-corrected chi connectivity index (χ4v) is 4.95. The van der Waals surface area contributed by atoms with Crippen LogP contribution >= 0.6 is 0 Å². The lowest BCUT2D eigenvalue weighted by Gasteiger charge is -2.14. The fraction of sp³-hybridized carbons (Fsp3) is 0.421. The second kappa shape index (κ2) is 7.63. The molecule has 0 bridgehead atoms. The molecular formula is C19H23N5O5S. The number of aromatic amines is 1. The predicted octanol–water partition coefficient (Wildman–Crippen LogP) is 2.36. The van der Waals surface area contributed by atoms with Gasteiger partial charge in [0, 0.05) is 29.4 Å². The number of hydrogen-bond acceptors (Lipinski definition) is 7. The first-order chi connectivity index (χ1) is 14.2. The van der Waals surface area contributed by atoms with Gasteiger partial charge in [-0.1, -0.05) is 0 Å². The molecule has 1 aliphatic carbocycles. The lowest BCUT2D eigenvalue weighted by atomic mass is 10.0. The number of hydrogen-bond donors (Lipinski definition) is 4. The van der Waals surface area contributed by atoms with E-state index in [4.69, 9.17) is 4.74 Å². The van der Waals surface area contributed by atoms with Crippen molar-refractivity contribution < 1.29 is 22.7 Å². The first kappa shape index (κ1) is 20.2. The number of nitrogens with one attached hydrogen (secondary N) is 4. The summed E-state index contributed by atoms with van der Waals surface area (Å²) in [4.78, 5) is 23.4. The van der Waals surface area contributed by atoms with E-state index < -0.39 is 22.0 Å². The van der Waals surface area contributed by atoms with E-state index in [1.165, 1.54) is 12.1 Å². The minimum atomic E-state index is -3.82. The summed E-state index contributed by atoms with van der Waals surface area (Å²) in [6, 6.07) is 6.38. The van der Waals surface area contributed by atoms with E-state index in [9.17, 15) is 18.0 Å². The molecule has 2 amide bonds. The fourth-order valence-electron chi connectivity index (χ4n) is 3.75. The van der Waals surface area contributed by atoms with Crippen molar-refractivity contribution >= 4 is 33.5 Å². The SMILES string of the molecule is CC(C)NC(=O)O[C@@H]1CC[C@H](c2cc(Nc3ccc4c(c3)S(=O)(=O)NC4=O)n[nH]2)C1. The largest absolute Gasteiger partial charge is 0.446 e. The molecule has 1 aliphatic heterocycles. The van der Waals surface area contributed by atoms with Gasteiger partial charge >= 0.3 is 6.09 Å². The van der Waals surface area contributed by atoms with Crippen LogP contribution in [0.1, 0.15) is 55.1 Å². The zero-order valence-corrected chi connectivity index (χ0v) is 17.4. The van der Waals surface area contributed by atoms with Crippen LogP contribution in [0.5, 0.6) is 0 Å². The number of H-pyrrole nitrogens is 1. The van der Waals surface area contributed by atoms with Crippen molar-refractivity contribution in [1.29, 1.82) is 0 Å². The van der Waals surface area contributed by atoms with E-state index >= 15 is 0 Å². The average molecular weight is 433 g/mol. The normalized spacial score (nSPS) is 21.9. The number of nitrogens with zero attached hydrogens (tertiary/aromatic N) is 1. The van der Waals surface area contributed by atoms with Gasteiger partial charge in [0.15, 0.2) is 5.82 Å². The molecule has 1 fully saturated rings. The van der Waals surface area contributed by atoms with Gasteiger partial charge in [0.1, 0.15) is 11.0 Å². The summed E-state index contributed by atoms with van der Waals surface area (Å²) in [5.41, 5.74) is 1.55. The summed E-state index contributed by atoms with van der Waals surface area (Å²) in [6.07, 6.45) is 1.81. The molecule has 30 heavy (non-hydrogen) atoms. The first-order valence-corrected chi connectivity index (χ1v) is 11.2. The van der Waals surface area contributed by atoms with Gasteiger partial charge in [-0.25, -0.2) is 17.9 Å². The molecule has 2 aromatic rings. The van der Waals surface area contributed by atoms with Gasteiger partial charge in [-0.15, -0.1) is 0 Å². The first-order valence-electron chi connectivity index (χ1n) is 9.72. The van der Waals surface area contributed by atoms with E-state index in [0.29, 0.717) is 17.9 Å². The zero-order valence-electron chi connectivity index (χ0n) is 16.6. The Morgan fingerprint density at radius 1 is 1.27 bits per heavy atom. The molecule has 160 valence electrons. The van der Waals surface area contributed by atoms with Gasteiger partial charge in [0.05, 0.1) is 5.56 Å². The highest BCUT2D eigenvalue weighted by Crippen LogP contribution is 2.36. The molecule has 2 atom stereocenters. The summed E-state index contributed by atoms with van der Waals surface area (Å²) in [5.74, 6) is 0.0901. The third-order valence-corrected chi connectivity index (χ3v) is 6.49. The highest BCUT2D eigenvalue weighted by Gasteiger charge is 2.33. The van der Waals surface area contributed by atoms with E-state index in [1.807, 2.05) is 24.6 Å². The Labute approximate surface area is 173 Å². The topological polar surface area (TPSA) is 142 Å². The van der Waals surface area contributed by atoms with Gasteiger partial charge in [0.25, 0.3) is 15.9 Å². The summed E-state index contributed by atoms with van der Waals surface area (Å²) in [7, 11) is -3.82. The number of ether oxygens (including phenoxy) is 1. The Morgan fingerprint density at radius 2 is 2.07 bits per heavy atom. The van der Waals surface area contributed by atoms with Crippen LogP contribution < -0.4 is 15.4 Å². The maximum atomic E-state index is 12.0. The van der Waals surface area contributed by atoms with Gasteiger partial charge < -0.3 is 15.4 Å². The van der Waals surface area contributed by atoms with Crippen LogP contribution in [0.3, 0.4) is 0 Å². The van der Waals surface area contributed by atoms with Crippen LogP contribution in [0.15, 0.2) is 29.2 Å². The van der Waals surface area contributed by atoms with E-state index in [1.54, 1.807) is 6.07 Å². The summed E-state index contributed by atoms with van der Waals surface area (Å²) in [5, 5.41) is 13.0. The Bertz CT molecular complexity index is 1090. The molecule has 4 N–H and O–H groups in total. The lowest BCUT2D eigenvalue weighted by Crippen LogP contribution is -2.33. The number of amides is 2. The van der Waals surface area contributed by atoms with E-state index in [-0.39, 0.29) is 28.5 Å². The minimum Gasteiger partial charge on any atom is -0.446 e. The van der Waals surface area contributed by atoms with Crippen LogP contribution in [-0.2, 0) is 14.8 Å². The smallest absolute Gasteiger partial charge is 0.407 e. The third-order valence-electron chi connectivity index (χ3n) is 5.12. The molecule has 0 radical (unpaired) electrons. The van der Waals surface area contributed by atoms with Crippen LogP contribution in [0, 0.1) is 0 Å². The molecular weight excluding hydrogens is 410 g/mol. The molecule has 1 saturated carbocycles. The quantitative estimate of drug-likeness (QED) is 0.567. The maximum absolute atomic E-state index is 12.0. The lowest BCUT2D eigenvalue weighted by molar-refractivity contribution is 0.0974. The van der Waals surface area contributed by atoms with Crippen molar-refractivity contribution in [3.63, 3.8) is 0 Å². The predicted molar refractivity (Wildman–Crippen MR) is 108 cm³/mol. The number of aromatic nitrogens is 2. The van der Waals surface area contributed by atoms with Crippen LogP contribution in [-0.4, -0.2) is 42.8 Å². The van der Waals surface area contributed by atoms with Crippen molar-refractivity contribution in [2.45, 2.75) is 56.1 Å². The number of alkyl carbamates (subject to hydrolysis) is 1. The molecule has 10 nitrogen and oxygen atoms in total. The molecule has 11 heteroatoms. The van der Waals surface area contributed by atoms with Crippen molar-refractivity contribution in [3.05, 3.63) is 35.5 Å². The van der Waals surface area contributed by atoms with Crippen molar-refractivity contribution in [2.24, 2.45) is 0 Å². The van der Waals surface area contributed by atoms with Crippen LogP contribution in [0.25, 0.3) is 0 Å². The second-order valence-corrected chi connectivity index (χ2v) is 9.47. The number of carbonyl (C=O) groups is 2. The maximum Gasteiger partial charge on any atom is 0.407 e. The summed E-state index contributed by atoms with van der Waals surface area (Å²) in [6.45, 7) is 3.76. The van der Waals surface area contributed by atoms with Crippen LogP contribution in [0.2, 0.25) is 0 Å². The summed E-state index contributed by atoms with van der Waals surface area (Å²) >= 11 is 0.